The third-order valence-electron chi connectivity index (χ3n) is 1.90. The molecule has 0 radical (unpaired) electrons. The Labute approximate surface area is 109 Å². The minimum atomic E-state index is 0.246. The molecule has 0 aliphatic heterocycles. The van der Waals surface area contributed by atoms with Gasteiger partial charge in [-0.15, -0.1) is 0 Å². The van der Waals surface area contributed by atoms with Crippen LogP contribution in [-0.4, -0.2) is 65.3 Å². The van der Waals surface area contributed by atoms with Gasteiger partial charge < -0.3 is 24.3 Å². The maximum absolute atomic E-state index is 9.91. The number of amides is 1. The summed E-state index contributed by atoms with van der Waals surface area (Å²) in [6.45, 7) is 8.41. The van der Waals surface area contributed by atoms with Crippen molar-refractivity contribution >= 4 is 6.41 Å². The molecule has 0 aromatic carbocycles. The fourth-order valence-electron chi connectivity index (χ4n) is 1.07. The summed E-state index contributed by atoms with van der Waals surface area (Å²) >= 11 is 0. The molecule has 0 bridgehead atoms. The first kappa shape index (κ1) is 17.3. The van der Waals surface area contributed by atoms with E-state index in [4.69, 9.17) is 18.9 Å². The molecule has 1 amide bonds. The SMILES string of the molecule is CC(C)OCCOCCOCCOCCNC=O. The summed E-state index contributed by atoms with van der Waals surface area (Å²) in [5, 5.41) is 2.51. The molecular formula is C12H25NO5. The maximum Gasteiger partial charge on any atom is 0.207 e. The second-order valence-electron chi connectivity index (χ2n) is 3.83. The van der Waals surface area contributed by atoms with Crippen molar-refractivity contribution in [2.45, 2.75) is 20.0 Å². The summed E-state index contributed by atoms with van der Waals surface area (Å²) in [6, 6.07) is 0. The lowest BCUT2D eigenvalue weighted by Gasteiger charge is -2.08. The number of rotatable bonds is 14. The second kappa shape index (κ2) is 14.4. The van der Waals surface area contributed by atoms with Gasteiger partial charge >= 0.3 is 0 Å². The Kier molecular flexibility index (Phi) is 13.8. The molecule has 0 rings (SSSR count). The van der Waals surface area contributed by atoms with Crippen LogP contribution in [0, 0.1) is 0 Å². The molecule has 0 aliphatic rings. The van der Waals surface area contributed by atoms with Crippen molar-refractivity contribution in [3.05, 3.63) is 0 Å². The van der Waals surface area contributed by atoms with Gasteiger partial charge in [0.1, 0.15) is 0 Å². The highest BCUT2D eigenvalue weighted by Gasteiger charge is 1.94. The highest BCUT2D eigenvalue weighted by atomic mass is 16.6. The zero-order valence-electron chi connectivity index (χ0n) is 11.4. The minimum Gasteiger partial charge on any atom is -0.377 e. The molecule has 6 nitrogen and oxygen atoms in total. The van der Waals surface area contributed by atoms with Crippen LogP contribution in [0.15, 0.2) is 0 Å². The number of carbonyl (C=O) groups excluding carboxylic acids is 1. The summed E-state index contributed by atoms with van der Waals surface area (Å²) in [5.74, 6) is 0. The van der Waals surface area contributed by atoms with Gasteiger partial charge in [0.25, 0.3) is 0 Å². The summed E-state index contributed by atoms with van der Waals surface area (Å²) in [4.78, 5) is 9.91. The van der Waals surface area contributed by atoms with Crippen LogP contribution < -0.4 is 5.32 Å². The lowest BCUT2D eigenvalue weighted by molar-refractivity contribution is -0.109. The predicted octanol–water partition coefficient (Wildman–Crippen LogP) is 0.207. The first-order chi connectivity index (χ1) is 8.77. The smallest absolute Gasteiger partial charge is 0.207 e. The third-order valence-corrected chi connectivity index (χ3v) is 1.90. The molecule has 0 fully saturated rings. The summed E-state index contributed by atoms with van der Waals surface area (Å²) < 4.78 is 21.1. The van der Waals surface area contributed by atoms with E-state index >= 15 is 0 Å². The number of nitrogens with one attached hydrogen (secondary N) is 1. The summed E-state index contributed by atoms with van der Waals surface area (Å²) in [7, 11) is 0. The van der Waals surface area contributed by atoms with E-state index in [0.29, 0.717) is 59.2 Å². The van der Waals surface area contributed by atoms with Gasteiger partial charge in [-0.25, -0.2) is 0 Å². The molecule has 0 aromatic rings. The van der Waals surface area contributed by atoms with Crippen molar-refractivity contribution in [3.8, 4) is 0 Å². The van der Waals surface area contributed by atoms with Gasteiger partial charge in [-0.05, 0) is 13.8 Å². The van der Waals surface area contributed by atoms with Gasteiger partial charge in [-0.2, -0.15) is 0 Å². The standard InChI is InChI=1S/C12H25NO5/c1-12(2)18-10-9-17-8-7-16-6-5-15-4-3-13-11-14/h11-12H,3-10H2,1-2H3,(H,13,14). The van der Waals surface area contributed by atoms with Crippen LogP contribution in [0.25, 0.3) is 0 Å². The Hall–Kier alpha value is -0.690. The van der Waals surface area contributed by atoms with Crippen molar-refractivity contribution in [2.75, 3.05) is 52.8 Å². The van der Waals surface area contributed by atoms with Crippen LogP contribution in [0.1, 0.15) is 13.8 Å². The fraction of sp³-hybridized carbons (Fsp3) is 0.917. The monoisotopic (exact) mass is 263 g/mol. The van der Waals surface area contributed by atoms with Crippen LogP contribution in [0.2, 0.25) is 0 Å². The molecule has 0 unspecified atom stereocenters. The lowest BCUT2D eigenvalue weighted by Crippen LogP contribution is -2.19. The molecule has 0 heterocycles. The molecule has 0 aromatic heterocycles. The van der Waals surface area contributed by atoms with E-state index in [1.807, 2.05) is 13.8 Å². The van der Waals surface area contributed by atoms with Crippen LogP contribution in [-0.2, 0) is 23.7 Å². The predicted molar refractivity (Wildman–Crippen MR) is 67.6 cm³/mol. The van der Waals surface area contributed by atoms with E-state index in [-0.39, 0.29) is 6.10 Å². The van der Waals surface area contributed by atoms with Crippen LogP contribution >= 0.6 is 0 Å². The van der Waals surface area contributed by atoms with Crippen LogP contribution in [0.4, 0.5) is 0 Å². The Morgan fingerprint density at radius 3 is 1.89 bits per heavy atom. The number of hydrogen-bond acceptors (Lipinski definition) is 5. The Morgan fingerprint density at radius 2 is 1.39 bits per heavy atom. The van der Waals surface area contributed by atoms with Crippen LogP contribution in [0.3, 0.4) is 0 Å². The molecule has 0 aliphatic carbocycles. The van der Waals surface area contributed by atoms with Crippen molar-refractivity contribution in [2.24, 2.45) is 0 Å². The van der Waals surface area contributed by atoms with E-state index in [2.05, 4.69) is 5.32 Å². The van der Waals surface area contributed by atoms with Gasteiger partial charge in [0.05, 0.1) is 52.4 Å². The van der Waals surface area contributed by atoms with Gasteiger partial charge in [0, 0.05) is 6.54 Å². The molecule has 0 saturated heterocycles. The Morgan fingerprint density at radius 1 is 0.889 bits per heavy atom. The molecule has 108 valence electrons. The normalized spacial score (nSPS) is 10.8. The highest BCUT2D eigenvalue weighted by Crippen LogP contribution is 1.87. The molecule has 18 heavy (non-hydrogen) atoms. The van der Waals surface area contributed by atoms with Gasteiger partial charge in [-0.3, -0.25) is 4.79 Å². The molecule has 0 saturated carbocycles. The Bertz CT molecular complexity index is 178. The van der Waals surface area contributed by atoms with Crippen molar-refractivity contribution in [1.29, 1.82) is 0 Å². The van der Waals surface area contributed by atoms with E-state index in [1.54, 1.807) is 0 Å². The maximum atomic E-state index is 9.91. The lowest BCUT2D eigenvalue weighted by atomic mass is 10.5. The van der Waals surface area contributed by atoms with E-state index in [1.165, 1.54) is 0 Å². The first-order valence-corrected chi connectivity index (χ1v) is 6.29. The second-order valence-corrected chi connectivity index (χ2v) is 3.83. The van der Waals surface area contributed by atoms with Gasteiger partial charge in [-0.1, -0.05) is 0 Å². The molecular weight excluding hydrogens is 238 g/mol. The van der Waals surface area contributed by atoms with Gasteiger partial charge in [0.2, 0.25) is 6.41 Å². The van der Waals surface area contributed by atoms with Crippen molar-refractivity contribution < 1.29 is 23.7 Å². The highest BCUT2D eigenvalue weighted by molar-refractivity contribution is 5.45. The third kappa shape index (κ3) is 15.3. The quantitative estimate of drug-likeness (QED) is 0.358. The first-order valence-electron chi connectivity index (χ1n) is 6.29. The topological polar surface area (TPSA) is 66.0 Å². The summed E-state index contributed by atoms with van der Waals surface area (Å²) in [6.07, 6.45) is 0.899. The Balaban J connectivity index is 2.92. The van der Waals surface area contributed by atoms with Gasteiger partial charge in [0.15, 0.2) is 0 Å². The zero-order valence-corrected chi connectivity index (χ0v) is 11.4. The van der Waals surface area contributed by atoms with Crippen LogP contribution in [0.5, 0.6) is 0 Å². The largest absolute Gasteiger partial charge is 0.377 e. The molecule has 0 spiro atoms. The van der Waals surface area contributed by atoms with Crippen molar-refractivity contribution in [1.82, 2.24) is 5.32 Å². The number of ether oxygens (including phenoxy) is 4. The zero-order chi connectivity index (χ0) is 13.5. The minimum absolute atomic E-state index is 0.246. The average molecular weight is 263 g/mol. The molecule has 1 N–H and O–H groups in total. The van der Waals surface area contributed by atoms with Crippen molar-refractivity contribution in [3.63, 3.8) is 0 Å². The molecule has 0 atom stereocenters. The van der Waals surface area contributed by atoms with E-state index in [9.17, 15) is 4.79 Å². The average Bonchev–Trinajstić information content (AvgIpc) is 2.34. The fourth-order valence-corrected chi connectivity index (χ4v) is 1.07. The summed E-state index contributed by atoms with van der Waals surface area (Å²) in [5.41, 5.74) is 0. The van der Waals surface area contributed by atoms with E-state index < -0.39 is 0 Å². The number of hydrogen-bond donors (Lipinski definition) is 1. The van der Waals surface area contributed by atoms with E-state index in [0.717, 1.165) is 0 Å². The number of carbonyl (C=O) groups is 1. The molecule has 6 heteroatoms.